The minimum atomic E-state index is -6.00. The van der Waals surface area contributed by atoms with E-state index >= 15 is 0 Å². The zero-order valence-electron chi connectivity index (χ0n) is 7.56. The fraction of sp³-hybridized carbons (Fsp3) is 0.500. The van der Waals surface area contributed by atoms with Crippen LogP contribution in [-0.2, 0) is 19.5 Å². The summed E-state index contributed by atoms with van der Waals surface area (Å²) < 4.78 is 39.0. The molecule has 14 heavy (non-hydrogen) atoms. The largest absolute Gasteiger partial charge is 1.00 e. The minimum absolute atomic E-state index is 0. The van der Waals surface area contributed by atoms with Crippen molar-refractivity contribution in [2.45, 2.75) is 25.7 Å². The molecule has 84 valence electrons. The fourth-order valence-corrected chi connectivity index (χ4v) is 0.874. The first-order valence-corrected chi connectivity index (χ1v) is 4.19. The zero-order chi connectivity index (χ0) is 10.2. The van der Waals surface area contributed by atoms with Crippen LogP contribution in [0.2, 0.25) is 0 Å². The summed E-state index contributed by atoms with van der Waals surface area (Å²) in [6.45, 7) is 0. The molecule has 0 amide bonds. The van der Waals surface area contributed by atoms with E-state index in [1.54, 1.807) is 0 Å². The van der Waals surface area contributed by atoms with Gasteiger partial charge in [-0.25, -0.2) is 0 Å². The van der Waals surface area contributed by atoms with Crippen LogP contribution in [0.5, 0.6) is 0 Å². The van der Waals surface area contributed by atoms with Crippen LogP contribution < -0.4 is 0 Å². The average molecular weight is 298 g/mol. The third-order valence-electron chi connectivity index (χ3n) is 1.37. The van der Waals surface area contributed by atoms with Gasteiger partial charge in [0.1, 0.15) is 0 Å². The molecule has 1 rings (SSSR count). The van der Waals surface area contributed by atoms with Gasteiger partial charge in [-0.2, -0.15) is 0 Å². The SMILES string of the molecule is C1=C\CCCC\C=C/1.F[B-](F)(F)F.[Rh+]. The average Bonchev–Trinajstić information content (AvgIpc) is 1.79. The Labute approximate surface area is 94.3 Å². The first-order valence-electron chi connectivity index (χ1n) is 4.19. The van der Waals surface area contributed by atoms with Crippen LogP contribution in [0.25, 0.3) is 0 Å². The third-order valence-corrected chi connectivity index (χ3v) is 1.37. The topological polar surface area (TPSA) is 0 Å². The zero-order valence-corrected chi connectivity index (χ0v) is 9.20. The molecule has 0 nitrogen and oxygen atoms in total. The van der Waals surface area contributed by atoms with E-state index in [0.717, 1.165) is 0 Å². The molecule has 0 aromatic rings. The van der Waals surface area contributed by atoms with E-state index in [4.69, 9.17) is 0 Å². The molecule has 0 aromatic heterocycles. The molecule has 0 N–H and O–H groups in total. The van der Waals surface area contributed by atoms with Crippen molar-refractivity contribution in [2.75, 3.05) is 0 Å². The second-order valence-corrected chi connectivity index (χ2v) is 2.64. The summed E-state index contributed by atoms with van der Waals surface area (Å²) in [6, 6.07) is 0. The summed E-state index contributed by atoms with van der Waals surface area (Å²) in [5, 5.41) is 0. The molecule has 1 aliphatic rings. The monoisotopic (exact) mass is 298 g/mol. The van der Waals surface area contributed by atoms with E-state index in [1.807, 2.05) is 0 Å². The van der Waals surface area contributed by atoms with Crippen molar-refractivity contribution in [3.8, 4) is 0 Å². The molecule has 0 bridgehead atoms. The summed E-state index contributed by atoms with van der Waals surface area (Å²) in [6.07, 6.45) is 14.0. The van der Waals surface area contributed by atoms with E-state index in [-0.39, 0.29) is 19.5 Å². The van der Waals surface area contributed by atoms with Crippen molar-refractivity contribution < 1.29 is 36.7 Å². The molecular formula is C8H12BF4Rh. The van der Waals surface area contributed by atoms with Crippen LogP contribution in [0.4, 0.5) is 17.3 Å². The molecule has 0 atom stereocenters. The van der Waals surface area contributed by atoms with Crippen LogP contribution in [0.15, 0.2) is 24.3 Å². The number of halogens is 4. The van der Waals surface area contributed by atoms with Gasteiger partial charge in [-0.3, -0.25) is 0 Å². The first kappa shape index (κ1) is 16.3. The summed E-state index contributed by atoms with van der Waals surface area (Å²) in [7, 11) is -6.00. The standard InChI is InChI=1S/C8H12.BF4.Rh/c1-2-4-6-8-7-5-3-1;2-1(3,4)5;/h1-4H,5-8H2;;/q;-1;+1/b3-1-,4-2-;;. The van der Waals surface area contributed by atoms with Gasteiger partial charge >= 0.3 is 26.7 Å². The Hall–Kier alpha value is -0.112. The van der Waals surface area contributed by atoms with E-state index < -0.39 is 7.25 Å². The Morgan fingerprint density at radius 3 is 1.36 bits per heavy atom. The summed E-state index contributed by atoms with van der Waals surface area (Å²) in [4.78, 5) is 0. The minimum Gasteiger partial charge on any atom is -0.418 e. The van der Waals surface area contributed by atoms with Gasteiger partial charge in [0, 0.05) is 0 Å². The molecule has 0 saturated heterocycles. The normalized spacial score (nSPS) is 20.3. The van der Waals surface area contributed by atoms with Gasteiger partial charge < -0.3 is 17.3 Å². The Kier molecular flexibility index (Phi) is 11.0. The Balaban J connectivity index is 0. The molecule has 6 heteroatoms. The Morgan fingerprint density at radius 2 is 1.07 bits per heavy atom. The van der Waals surface area contributed by atoms with E-state index in [0.29, 0.717) is 0 Å². The third kappa shape index (κ3) is 22.7. The quantitative estimate of drug-likeness (QED) is 0.469. The van der Waals surface area contributed by atoms with E-state index in [2.05, 4.69) is 24.3 Å². The molecule has 1 aliphatic carbocycles. The van der Waals surface area contributed by atoms with Gasteiger partial charge in [-0.05, 0) is 25.7 Å². The van der Waals surface area contributed by atoms with Crippen LogP contribution in [-0.4, -0.2) is 7.25 Å². The Morgan fingerprint density at radius 1 is 0.786 bits per heavy atom. The first-order chi connectivity index (χ1) is 6.00. The van der Waals surface area contributed by atoms with Gasteiger partial charge in [-0.1, -0.05) is 24.3 Å². The number of allylic oxidation sites excluding steroid dienone is 4. The second-order valence-electron chi connectivity index (χ2n) is 2.64. The van der Waals surface area contributed by atoms with Crippen LogP contribution in [0.1, 0.15) is 25.7 Å². The molecule has 0 heterocycles. The summed E-state index contributed by atoms with van der Waals surface area (Å²) in [5.74, 6) is 0. The Bertz CT molecular complexity index is 157. The van der Waals surface area contributed by atoms with Crippen molar-refractivity contribution in [1.82, 2.24) is 0 Å². The molecule has 0 aliphatic heterocycles. The summed E-state index contributed by atoms with van der Waals surface area (Å²) in [5.41, 5.74) is 0. The number of hydrogen-bond donors (Lipinski definition) is 0. The molecule has 0 spiro atoms. The van der Waals surface area contributed by atoms with Crippen molar-refractivity contribution in [3.63, 3.8) is 0 Å². The predicted octanol–water partition coefficient (Wildman–Crippen LogP) is 3.97. The van der Waals surface area contributed by atoms with Gasteiger partial charge in [-0.15, -0.1) is 0 Å². The number of hydrogen-bond acceptors (Lipinski definition) is 0. The van der Waals surface area contributed by atoms with Crippen molar-refractivity contribution in [1.29, 1.82) is 0 Å². The van der Waals surface area contributed by atoms with Crippen LogP contribution in [0, 0.1) is 0 Å². The smallest absolute Gasteiger partial charge is 0.418 e. The molecule has 0 saturated carbocycles. The van der Waals surface area contributed by atoms with E-state index in [9.17, 15) is 17.3 Å². The molecule has 0 unspecified atom stereocenters. The molecular weight excluding hydrogens is 286 g/mol. The van der Waals surface area contributed by atoms with Gasteiger partial charge in [0.2, 0.25) is 0 Å². The van der Waals surface area contributed by atoms with E-state index in [1.165, 1.54) is 25.7 Å². The summed E-state index contributed by atoms with van der Waals surface area (Å²) >= 11 is 0. The second kappa shape index (κ2) is 9.44. The van der Waals surface area contributed by atoms with Crippen LogP contribution >= 0.6 is 0 Å². The van der Waals surface area contributed by atoms with Gasteiger partial charge in [0.15, 0.2) is 0 Å². The number of rotatable bonds is 0. The fourth-order valence-electron chi connectivity index (χ4n) is 0.874. The van der Waals surface area contributed by atoms with Crippen molar-refractivity contribution in [3.05, 3.63) is 24.3 Å². The maximum absolute atomic E-state index is 9.75. The van der Waals surface area contributed by atoms with Crippen LogP contribution in [0.3, 0.4) is 0 Å². The maximum Gasteiger partial charge on any atom is 1.00 e. The molecule has 0 radical (unpaired) electrons. The van der Waals surface area contributed by atoms with Crippen molar-refractivity contribution >= 4 is 7.25 Å². The van der Waals surface area contributed by atoms with Crippen molar-refractivity contribution in [2.24, 2.45) is 0 Å². The molecule has 0 fully saturated rings. The predicted molar refractivity (Wildman–Crippen MR) is 46.9 cm³/mol. The van der Waals surface area contributed by atoms with Gasteiger partial charge in [0.05, 0.1) is 0 Å². The maximum atomic E-state index is 9.75. The van der Waals surface area contributed by atoms with Gasteiger partial charge in [0.25, 0.3) is 0 Å². The molecule has 0 aromatic carbocycles.